The summed E-state index contributed by atoms with van der Waals surface area (Å²) < 4.78 is 0. The molecule has 0 radical (unpaired) electrons. The number of hydrogen-bond donors (Lipinski definition) is 2. The van der Waals surface area contributed by atoms with Gasteiger partial charge in [-0.1, -0.05) is 18.2 Å². The minimum atomic E-state index is 0.0416. The van der Waals surface area contributed by atoms with Crippen LogP contribution in [0.4, 0.5) is 0 Å². The van der Waals surface area contributed by atoms with E-state index in [4.69, 9.17) is 5.11 Å². The number of hydrogen-bond acceptors (Lipinski definition) is 2. The number of aliphatic hydroxyl groups is 1. The van der Waals surface area contributed by atoms with Gasteiger partial charge in [-0.15, -0.1) is 0 Å². The first-order valence-electron chi connectivity index (χ1n) is 3.81. The molecule has 0 aliphatic carbocycles. The lowest BCUT2D eigenvalue weighted by Gasteiger charge is -1.98. The van der Waals surface area contributed by atoms with Gasteiger partial charge < -0.3 is 10.2 Å². The van der Waals surface area contributed by atoms with Gasteiger partial charge in [-0.2, -0.15) is 0 Å². The molecule has 1 rings (SSSR count). The lowest BCUT2D eigenvalue weighted by Crippen LogP contribution is -1.78. The average Bonchev–Trinajstić information content (AvgIpc) is 2.07. The van der Waals surface area contributed by atoms with Crippen LogP contribution in [0.5, 0.6) is 5.75 Å². The van der Waals surface area contributed by atoms with Crippen LogP contribution >= 0.6 is 0 Å². The third-order valence-electron chi connectivity index (χ3n) is 1.64. The van der Waals surface area contributed by atoms with Gasteiger partial charge in [0.25, 0.3) is 0 Å². The molecule has 0 aromatic heterocycles. The van der Waals surface area contributed by atoms with Gasteiger partial charge in [0.05, 0.1) is 6.61 Å². The molecule has 0 fully saturated rings. The van der Waals surface area contributed by atoms with Gasteiger partial charge in [0, 0.05) is 0 Å². The van der Waals surface area contributed by atoms with Crippen molar-refractivity contribution < 1.29 is 10.2 Å². The van der Waals surface area contributed by atoms with Crippen LogP contribution in [-0.2, 0) is 0 Å². The van der Waals surface area contributed by atoms with E-state index in [1.54, 1.807) is 18.2 Å². The zero-order chi connectivity index (χ0) is 8.97. The number of rotatable bonds is 2. The maximum absolute atomic E-state index is 9.20. The summed E-state index contributed by atoms with van der Waals surface area (Å²) in [5.74, 6) is 0.302. The second-order valence-corrected chi connectivity index (χ2v) is 2.63. The number of phenols is 1. The summed E-state index contributed by atoms with van der Waals surface area (Å²) >= 11 is 0. The van der Waals surface area contributed by atoms with Crippen molar-refractivity contribution >= 4 is 6.08 Å². The topological polar surface area (TPSA) is 40.5 Å². The molecule has 0 saturated carbocycles. The maximum atomic E-state index is 9.20. The molecule has 0 saturated heterocycles. The van der Waals surface area contributed by atoms with Crippen LogP contribution < -0.4 is 0 Å². The summed E-state index contributed by atoms with van der Waals surface area (Å²) in [6.07, 6.45) is 3.47. The quantitative estimate of drug-likeness (QED) is 0.698. The Morgan fingerprint density at radius 2 is 2.17 bits per heavy atom. The number of phenolic OH excluding ortho intramolecular Hbond substituents is 1. The van der Waals surface area contributed by atoms with E-state index in [1.807, 2.05) is 19.1 Å². The van der Waals surface area contributed by atoms with E-state index in [2.05, 4.69) is 0 Å². The highest BCUT2D eigenvalue weighted by atomic mass is 16.3. The molecule has 0 atom stereocenters. The van der Waals surface area contributed by atoms with Crippen LogP contribution in [0.15, 0.2) is 24.3 Å². The maximum Gasteiger partial charge on any atom is 0.118 e. The van der Waals surface area contributed by atoms with Crippen molar-refractivity contribution in [1.82, 2.24) is 0 Å². The number of aliphatic hydroxyl groups excluding tert-OH is 1. The van der Waals surface area contributed by atoms with Crippen molar-refractivity contribution in [3.63, 3.8) is 0 Å². The van der Waals surface area contributed by atoms with Gasteiger partial charge >= 0.3 is 0 Å². The van der Waals surface area contributed by atoms with Crippen LogP contribution in [0.3, 0.4) is 0 Å². The highest BCUT2D eigenvalue weighted by Gasteiger charge is 1.93. The molecule has 64 valence electrons. The van der Waals surface area contributed by atoms with Gasteiger partial charge in [-0.05, 0) is 30.2 Å². The third-order valence-corrected chi connectivity index (χ3v) is 1.64. The molecular weight excluding hydrogens is 152 g/mol. The standard InChI is InChI=1S/C10H12O2/c1-8-7-9(3-2-6-11)4-5-10(8)12/h2-5,7,11-12H,6H2,1H3/b3-2-. The van der Waals surface area contributed by atoms with E-state index in [9.17, 15) is 5.11 Å². The third kappa shape index (κ3) is 2.10. The SMILES string of the molecule is Cc1cc(/C=C\CO)ccc1O. The van der Waals surface area contributed by atoms with E-state index in [1.165, 1.54) is 0 Å². The fourth-order valence-corrected chi connectivity index (χ4v) is 0.971. The van der Waals surface area contributed by atoms with E-state index >= 15 is 0 Å². The predicted molar refractivity (Wildman–Crippen MR) is 49.0 cm³/mol. The summed E-state index contributed by atoms with van der Waals surface area (Å²) in [5, 5.41) is 17.7. The smallest absolute Gasteiger partial charge is 0.118 e. The molecule has 12 heavy (non-hydrogen) atoms. The molecule has 2 nitrogen and oxygen atoms in total. The van der Waals surface area contributed by atoms with Crippen molar-refractivity contribution in [1.29, 1.82) is 0 Å². The highest BCUT2D eigenvalue weighted by molar-refractivity contribution is 5.52. The summed E-state index contributed by atoms with van der Waals surface area (Å²) in [4.78, 5) is 0. The van der Waals surface area contributed by atoms with E-state index in [0.717, 1.165) is 11.1 Å². The fraction of sp³-hybridized carbons (Fsp3) is 0.200. The number of aryl methyl sites for hydroxylation is 1. The molecule has 2 N–H and O–H groups in total. The van der Waals surface area contributed by atoms with Gasteiger partial charge in [-0.3, -0.25) is 0 Å². The Hall–Kier alpha value is -1.28. The Morgan fingerprint density at radius 1 is 1.42 bits per heavy atom. The van der Waals surface area contributed by atoms with Gasteiger partial charge in [0.15, 0.2) is 0 Å². The van der Waals surface area contributed by atoms with Crippen molar-refractivity contribution in [2.24, 2.45) is 0 Å². The predicted octanol–water partition coefficient (Wildman–Crippen LogP) is 1.71. The van der Waals surface area contributed by atoms with Gasteiger partial charge in [-0.25, -0.2) is 0 Å². The van der Waals surface area contributed by atoms with E-state index < -0.39 is 0 Å². The van der Waals surface area contributed by atoms with E-state index in [0.29, 0.717) is 5.75 Å². The minimum absolute atomic E-state index is 0.0416. The second-order valence-electron chi connectivity index (χ2n) is 2.63. The minimum Gasteiger partial charge on any atom is -0.508 e. The monoisotopic (exact) mass is 164 g/mol. The number of benzene rings is 1. The molecule has 0 spiro atoms. The zero-order valence-electron chi connectivity index (χ0n) is 6.99. The highest BCUT2D eigenvalue weighted by Crippen LogP contribution is 2.17. The Morgan fingerprint density at radius 3 is 2.75 bits per heavy atom. The lowest BCUT2D eigenvalue weighted by molar-refractivity contribution is 0.343. The summed E-state index contributed by atoms with van der Waals surface area (Å²) in [6.45, 7) is 1.88. The first-order valence-corrected chi connectivity index (χ1v) is 3.81. The fourth-order valence-electron chi connectivity index (χ4n) is 0.971. The molecule has 1 aromatic carbocycles. The second kappa shape index (κ2) is 3.93. The molecule has 0 aliphatic rings. The summed E-state index contributed by atoms with van der Waals surface area (Å²) in [5.41, 5.74) is 1.83. The molecular formula is C10H12O2. The van der Waals surface area contributed by atoms with Crippen molar-refractivity contribution in [2.45, 2.75) is 6.92 Å². The molecule has 1 aromatic rings. The van der Waals surface area contributed by atoms with Crippen molar-refractivity contribution in [2.75, 3.05) is 6.61 Å². The van der Waals surface area contributed by atoms with Crippen LogP contribution in [0.1, 0.15) is 11.1 Å². The van der Waals surface area contributed by atoms with Gasteiger partial charge in [0.2, 0.25) is 0 Å². The van der Waals surface area contributed by atoms with Crippen LogP contribution in [0, 0.1) is 6.92 Å². The Labute approximate surface area is 71.8 Å². The molecule has 0 unspecified atom stereocenters. The van der Waals surface area contributed by atoms with Gasteiger partial charge in [0.1, 0.15) is 5.75 Å². The summed E-state index contributed by atoms with van der Waals surface area (Å²) in [7, 11) is 0. The molecule has 0 aliphatic heterocycles. The lowest BCUT2D eigenvalue weighted by atomic mass is 10.1. The summed E-state index contributed by atoms with van der Waals surface area (Å²) in [6, 6.07) is 5.31. The van der Waals surface area contributed by atoms with Crippen molar-refractivity contribution in [3.8, 4) is 5.75 Å². The first-order chi connectivity index (χ1) is 5.74. The Balaban J connectivity index is 2.89. The van der Waals surface area contributed by atoms with Crippen LogP contribution in [0.25, 0.3) is 6.08 Å². The normalized spacial score (nSPS) is 10.8. The largest absolute Gasteiger partial charge is 0.508 e. The van der Waals surface area contributed by atoms with E-state index in [-0.39, 0.29) is 6.61 Å². The Bertz CT molecular complexity index is 290. The zero-order valence-corrected chi connectivity index (χ0v) is 6.99. The molecule has 0 amide bonds. The van der Waals surface area contributed by atoms with Crippen LogP contribution in [-0.4, -0.2) is 16.8 Å². The van der Waals surface area contributed by atoms with Crippen molar-refractivity contribution in [3.05, 3.63) is 35.4 Å². The average molecular weight is 164 g/mol. The first kappa shape index (κ1) is 8.81. The Kier molecular flexibility index (Phi) is 2.88. The van der Waals surface area contributed by atoms with Crippen LogP contribution in [0.2, 0.25) is 0 Å². The number of aromatic hydroxyl groups is 1. The molecule has 2 heteroatoms. The molecule has 0 bridgehead atoms. The molecule has 0 heterocycles.